The van der Waals surface area contributed by atoms with Crippen LogP contribution in [0.2, 0.25) is 0 Å². The highest BCUT2D eigenvalue weighted by Gasteiger charge is 2.16. The monoisotopic (exact) mass is 419 g/mol. The van der Waals surface area contributed by atoms with Crippen LogP contribution in [-0.2, 0) is 17.1 Å². The Hall–Kier alpha value is -3.72. The van der Waals surface area contributed by atoms with Crippen molar-refractivity contribution in [1.29, 1.82) is 0 Å². The third-order valence-corrected chi connectivity index (χ3v) is 5.13. The predicted octanol–water partition coefficient (Wildman–Crippen LogP) is 3.22. The summed E-state index contributed by atoms with van der Waals surface area (Å²) in [6.45, 7) is -0.235. The van der Waals surface area contributed by atoms with Crippen LogP contribution in [0.4, 0.5) is 5.69 Å². The van der Waals surface area contributed by atoms with Crippen molar-refractivity contribution < 1.29 is 9.32 Å². The van der Waals surface area contributed by atoms with E-state index in [-0.39, 0.29) is 18.3 Å². The number of pyridine rings is 2. The van der Waals surface area contributed by atoms with Crippen LogP contribution in [0.3, 0.4) is 0 Å². The van der Waals surface area contributed by atoms with Crippen molar-refractivity contribution in [3.8, 4) is 11.5 Å². The maximum Gasteiger partial charge on any atom is 0.442 e. The van der Waals surface area contributed by atoms with Gasteiger partial charge in [0.1, 0.15) is 12.2 Å². The van der Waals surface area contributed by atoms with E-state index in [4.69, 9.17) is 4.52 Å². The molecule has 0 aliphatic carbocycles. The van der Waals surface area contributed by atoms with E-state index in [0.717, 1.165) is 20.9 Å². The maximum absolute atomic E-state index is 12.5. The molecule has 0 aliphatic rings. The van der Waals surface area contributed by atoms with Crippen LogP contribution < -0.4 is 11.1 Å². The molecule has 0 radical (unpaired) electrons. The van der Waals surface area contributed by atoms with Crippen molar-refractivity contribution in [3.05, 3.63) is 89.2 Å². The quantitative estimate of drug-likeness (QED) is 0.459. The summed E-state index contributed by atoms with van der Waals surface area (Å²) in [5.74, 6) is -0.162. The number of carbonyl (C=O) groups is 1. The smallest absolute Gasteiger partial charge is 0.325 e. The molecule has 3 heterocycles. The molecule has 1 amide bonds. The van der Waals surface area contributed by atoms with Gasteiger partial charge < -0.3 is 5.32 Å². The van der Waals surface area contributed by atoms with Crippen molar-refractivity contribution in [1.82, 2.24) is 19.7 Å². The second kappa shape index (κ2) is 9.19. The fraction of sp³-hybridized carbons (Fsp3) is 0.0952. The number of carbonyl (C=O) groups excluding carboxylic acids is 1. The second-order valence-corrected chi connectivity index (χ2v) is 7.27. The van der Waals surface area contributed by atoms with Gasteiger partial charge in [0.2, 0.25) is 11.7 Å². The lowest BCUT2D eigenvalue weighted by atomic mass is 10.2. The van der Waals surface area contributed by atoms with Crippen molar-refractivity contribution in [3.63, 3.8) is 0 Å². The average Bonchev–Trinajstić information content (AvgIpc) is 3.14. The minimum atomic E-state index is -0.716. The number of amides is 1. The zero-order valence-corrected chi connectivity index (χ0v) is 16.6. The topological polar surface area (TPSA) is 103 Å². The molecule has 0 fully saturated rings. The van der Waals surface area contributed by atoms with Gasteiger partial charge in [-0.25, -0.2) is 14.3 Å². The molecule has 0 bridgehead atoms. The van der Waals surface area contributed by atoms with E-state index in [1.807, 2.05) is 36.4 Å². The number of nitrogens with one attached hydrogen (secondary N) is 1. The first-order valence-corrected chi connectivity index (χ1v) is 10.1. The fourth-order valence-corrected chi connectivity index (χ4v) is 3.56. The fourth-order valence-electron chi connectivity index (χ4n) is 2.76. The van der Waals surface area contributed by atoms with Gasteiger partial charge in [0, 0.05) is 23.8 Å². The standard InChI is InChI=1S/C21H17N5O3S/c27-18(13-26-20(25-29-21(26)28)17-8-1-3-10-22-17)24-16-7-5-6-15(12-16)14-30-19-9-2-4-11-23-19/h1-12H,13-14H2,(H,24,27). The third kappa shape index (κ3) is 4.81. The van der Waals surface area contributed by atoms with Gasteiger partial charge in [-0.05, 0) is 42.0 Å². The number of thioether (sulfide) groups is 1. The molecule has 4 aromatic rings. The Morgan fingerprint density at radius 2 is 1.87 bits per heavy atom. The first kappa shape index (κ1) is 19.6. The number of anilines is 1. The summed E-state index contributed by atoms with van der Waals surface area (Å²) < 4.78 is 5.87. The van der Waals surface area contributed by atoms with E-state index >= 15 is 0 Å². The van der Waals surface area contributed by atoms with Gasteiger partial charge in [0.05, 0.1) is 5.03 Å². The lowest BCUT2D eigenvalue weighted by Crippen LogP contribution is -2.25. The summed E-state index contributed by atoms with van der Waals surface area (Å²) >= 11 is 1.61. The van der Waals surface area contributed by atoms with Crippen molar-refractivity contribution in [2.24, 2.45) is 0 Å². The number of hydrogen-bond donors (Lipinski definition) is 1. The van der Waals surface area contributed by atoms with Crippen molar-refractivity contribution in [2.45, 2.75) is 17.3 Å². The van der Waals surface area contributed by atoms with Crippen LogP contribution >= 0.6 is 11.8 Å². The summed E-state index contributed by atoms with van der Waals surface area (Å²) in [5, 5.41) is 7.48. The van der Waals surface area contributed by atoms with Crippen LogP contribution in [0.15, 0.2) is 87.4 Å². The van der Waals surface area contributed by atoms with Crippen LogP contribution in [0.25, 0.3) is 11.5 Å². The predicted molar refractivity (Wildman–Crippen MR) is 113 cm³/mol. The van der Waals surface area contributed by atoms with Gasteiger partial charge in [-0.1, -0.05) is 29.4 Å². The summed E-state index contributed by atoms with van der Waals surface area (Å²) in [4.78, 5) is 33.0. The Balaban J connectivity index is 1.43. The zero-order valence-electron chi connectivity index (χ0n) is 15.8. The summed E-state index contributed by atoms with van der Waals surface area (Å²) in [6, 6.07) is 18.5. The first-order chi connectivity index (χ1) is 14.7. The first-order valence-electron chi connectivity index (χ1n) is 9.09. The number of rotatable bonds is 7. The molecule has 8 nitrogen and oxygen atoms in total. The number of nitrogens with zero attached hydrogens (tertiary/aromatic N) is 4. The van der Waals surface area contributed by atoms with Crippen LogP contribution in [0, 0.1) is 0 Å². The Morgan fingerprint density at radius 3 is 2.63 bits per heavy atom. The van der Waals surface area contributed by atoms with Crippen molar-refractivity contribution >= 4 is 23.4 Å². The molecule has 0 saturated heterocycles. The molecule has 1 N–H and O–H groups in total. The lowest BCUT2D eigenvalue weighted by Gasteiger charge is -2.08. The second-order valence-electron chi connectivity index (χ2n) is 6.28. The van der Waals surface area contributed by atoms with Crippen LogP contribution in [-0.4, -0.2) is 25.6 Å². The summed E-state index contributed by atoms with van der Waals surface area (Å²) in [6.07, 6.45) is 3.33. The van der Waals surface area contributed by atoms with E-state index in [9.17, 15) is 9.59 Å². The highest BCUT2D eigenvalue weighted by Crippen LogP contribution is 2.22. The molecule has 150 valence electrons. The Kier molecular flexibility index (Phi) is 6.00. The van der Waals surface area contributed by atoms with Crippen LogP contribution in [0.1, 0.15) is 5.56 Å². The van der Waals surface area contributed by atoms with E-state index in [0.29, 0.717) is 11.4 Å². The minimum Gasteiger partial charge on any atom is -0.325 e. The molecule has 9 heteroatoms. The zero-order chi connectivity index (χ0) is 20.8. The van der Waals surface area contributed by atoms with Gasteiger partial charge in [-0.2, -0.15) is 0 Å². The molecule has 0 unspecified atom stereocenters. The normalized spacial score (nSPS) is 10.7. The molecule has 4 rings (SSSR count). The lowest BCUT2D eigenvalue weighted by molar-refractivity contribution is -0.116. The molecule has 0 spiro atoms. The van der Waals surface area contributed by atoms with Gasteiger partial charge >= 0.3 is 5.76 Å². The van der Waals surface area contributed by atoms with Crippen molar-refractivity contribution in [2.75, 3.05) is 5.32 Å². The molecule has 3 aromatic heterocycles. The highest BCUT2D eigenvalue weighted by atomic mass is 32.2. The van der Waals surface area contributed by atoms with Crippen LogP contribution in [0.5, 0.6) is 0 Å². The molecular weight excluding hydrogens is 402 g/mol. The SMILES string of the molecule is O=C(Cn1c(-c2ccccn2)noc1=O)Nc1cccc(CSc2ccccn2)c1. The van der Waals surface area contributed by atoms with Gasteiger partial charge in [-0.15, -0.1) is 11.8 Å². The Bertz CT molecular complexity index is 1190. The average molecular weight is 419 g/mol. The molecular formula is C21H17N5O3S. The van der Waals surface area contributed by atoms with Gasteiger partial charge in [0.15, 0.2) is 0 Å². The van der Waals surface area contributed by atoms with E-state index in [1.165, 1.54) is 0 Å². The molecule has 30 heavy (non-hydrogen) atoms. The molecule has 1 aromatic carbocycles. The third-order valence-electron chi connectivity index (χ3n) is 4.12. The number of benzene rings is 1. The molecule has 0 atom stereocenters. The Morgan fingerprint density at radius 1 is 1.03 bits per heavy atom. The summed E-state index contributed by atoms with van der Waals surface area (Å²) in [7, 11) is 0. The molecule has 0 saturated carbocycles. The van der Waals surface area contributed by atoms with E-state index in [2.05, 4.69) is 20.4 Å². The van der Waals surface area contributed by atoms with Gasteiger partial charge in [-0.3, -0.25) is 14.3 Å². The minimum absolute atomic E-state index is 0.205. The van der Waals surface area contributed by atoms with E-state index < -0.39 is 5.76 Å². The highest BCUT2D eigenvalue weighted by molar-refractivity contribution is 7.98. The summed E-state index contributed by atoms with van der Waals surface area (Å²) in [5.41, 5.74) is 2.13. The maximum atomic E-state index is 12.5. The number of aromatic nitrogens is 4. The van der Waals surface area contributed by atoms with E-state index in [1.54, 1.807) is 48.4 Å². The molecule has 0 aliphatic heterocycles. The number of hydrogen-bond acceptors (Lipinski definition) is 7. The van der Waals surface area contributed by atoms with Gasteiger partial charge in [0.25, 0.3) is 0 Å². The largest absolute Gasteiger partial charge is 0.442 e. The Labute approximate surface area is 176 Å².